The summed E-state index contributed by atoms with van der Waals surface area (Å²) in [6.07, 6.45) is 1.60. The first-order chi connectivity index (χ1) is 4.74. The molecule has 5 heteroatoms. The molecule has 0 aliphatic carbocycles. The minimum absolute atomic E-state index is 0.392. The van der Waals surface area contributed by atoms with Gasteiger partial charge in [0.1, 0.15) is 0 Å². The number of nitrogens with zero attached hydrogens (tertiary/aromatic N) is 2. The number of aromatic nitrogens is 1. The number of hydrogen-bond acceptors (Lipinski definition) is 3. The lowest BCUT2D eigenvalue weighted by Crippen LogP contribution is -1.74. The summed E-state index contributed by atoms with van der Waals surface area (Å²) < 4.78 is 1.59. The molecule has 1 N–H and O–H groups in total. The Morgan fingerprint density at radius 2 is 2.20 bits per heavy atom. The number of nitrogens with one attached hydrogen (secondary N) is 1. The van der Waals surface area contributed by atoms with Gasteiger partial charge in [0.2, 0.25) is 0 Å². The minimum Gasteiger partial charge on any atom is -0.233 e. The predicted molar refractivity (Wildman–Crippen MR) is 44.4 cm³/mol. The second kappa shape index (κ2) is 3.21. The van der Waals surface area contributed by atoms with Crippen LogP contribution in [0.5, 0.6) is 0 Å². The molecule has 1 aromatic rings. The van der Waals surface area contributed by atoms with Crippen molar-refractivity contribution in [1.29, 1.82) is 5.53 Å². The smallest absolute Gasteiger partial charge is 0.188 e. The van der Waals surface area contributed by atoms with E-state index in [0.717, 1.165) is 8.95 Å². The first kappa shape index (κ1) is 7.81. The lowest BCUT2D eigenvalue weighted by molar-refractivity contribution is 1.08. The van der Waals surface area contributed by atoms with Crippen molar-refractivity contribution in [2.75, 3.05) is 0 Å². The van der Waals surface area contributed by atoms with Gasteiger partial charge in [-0.3, -0.25) is 0 Å². The zero-order valence-electron chi connectivity index (χ0n) is 4.81. The van der Waals surface area contributed by atoms with Crippen LogP contribution in [-0.4, -0.2) is 4.98 Å². The van der Waals surface area contributed by atoms with Crippen molar-refractivity contribution in [3.05, 3.63) is 21.2 Å². The van der Waals surface area contributed by atoms with Crippen LogP contribution in [0.15, 0.2) is 26.3 Å². The fraction of sp³-hybridized carbons (Fsp3) is 0. The number of pyridine rings is 1. The highest BCUT2D eigenvalue weighted by Crippen LogP contribution is 2.24. The molecule has 0 saturated heterocycles. The van der Waals surface area contributed by atoms with Crippen LogP contribution in [0.1, 0.15) is 0 Å². The molecule has 52 valence electrons. The molecular formula is C5H3Br2N3. The molecule has 1 rings (SSSR count). The van der Waals surface area contributed by atoms with Gasteiger partial charge in [-0.25, -0.2) is 10.5 Å². The Hall–Kier alpha value is -0.290. The third-order valence-electron chi connectivity index (χ3n) is 0.894. The van der Waals surface area contributed by atoms with Crippen LogP contribution >= 0.6 is 31.9 Å². The average molecular weight is 265 g/mol. The highest BCUT2D eigenvalue weighted by molar-refractivity contribution is 9.11. The van der Waals surface area contributed by atoms with E-state index in [4.69, 9.17) is 5.53 Å². The molecule has 0 atom stereocenters. The van der Waals surface area contributed by atoms with E-state index in [1.807, 2.05) is 0 Å². The summed E-state index contributed by atoms with van der Waals surface area (Å²) in [4.78, 5) is 3.85. The summed E-state index contributed by atoms with van der Waals surface area (Å²) in [5.41, 5.74) is 6.67. The molecule has 0 aromatic carbocycles. The summed E-state index contributed by atoms with van der Waals surface area (Å²) in [6.45, 7) is 0. The first-order valence-electron chi connectivity index (χ1n) is 2.42. The SMILES string of the molecule is N=Nc1ncc(Br)cc1Br. The normalized spacial score (nSPS) is 9.40. The molecule has 0 fully saturated rings. The van der Waals surface area contributed by atoms with Crippen molar-refractivity contribution < 1.29 is 0 Å². The third kappa shape index (κ3) is 1.60. The van der Waals surface area contributed by atoms with Crippen LogP contribution in [0.3, 0.4) is 0 Å². The van der Waals surface area contributed by atoms with Crippen molar-refractivity contribution >= 4 is 37.7 Å². The van der Waals surface area contributed by atoms with Gasteiger partial charge >= 0.3 is 0 Å². The molecule has 0 amide bonds. The first-order valence-corrected chi connectivity index (χ1v) is 4.01. The van der Waals surface area contributed by atoms with E-state index in [-0.39, 0.29) is 0 Å². The molecule has 0 saturated carbocycles. The Labute approximate surface area is 74.6 Å². The fourth-order valence-electron chi connectivity index (χ4n) is 0.490. The highest BCUT2D eigenvalue weighted by Gasteiger charge is 1.98. The summed E-state index contributed by atoms with van der Waals surface area (Å²) in [5.74, 6) is 0.392. The maximum absolute atomic E-state index is 6.67. The molecule has 0 bridgehead atoms. The van der Waals surface area contributed by atoms with Crippen molar-refractivity contribution in [1.82, 2.24) is 4.98 Å². The average Bonchev–Trinajstić information content (AvgIpc) is 1.88. The number of hydrogen-bond donors (Lipinski definition) is 1. The Balaban J connectivity index is 3.19. The lowest BCUT2D eigenvalue weighted by atomic mass is 10.5. The van der Waals surface area contributed by atoms with Crippen LogP contribution < -0.4 is 0 Å². The van der Waals surface area contributed by atoms with Gasteiger partial charge in [-0.15, -0.1) is 5.11 Å². The van der Waals surface area contributed by atoms with Gasteiger partial charge in [-0.05, 0) is 37.9 Å². The topological polar surface area (TPSA) is 49.1 Å². The molecule has 1 heterocycles. The van der Waals surface area contributed by atoms with E-state index in [1.165, 1.54) is 0 Å². The highest BCUT2D eigenvalue weighted by atomic mass is 79.9. The van der Waals surface area contributed by atoms with E-state index in [2.05, 4.69) is 42.0 Å². The van der Waals surface area contributed by atoms with Crippen molar-refractivity contribution in [2.24, 2.45) is 5.11 Å². The summed E-state index contributed by atoms with van der Waals surface area (Å²) in [6, 6.07) is 1.79. The monoisotopic (exact) mass is 263 g/mol. The zero-order valence-corrected chi connectivity index (χ0v) is 7.98. The van der Waals surface area contributed by atoms with Gasteiger partial charge < -0.3 is 0 Å². The van der Waals surface area contributed by atoms with Gasteiger partial charge in [0, 0.05) is 10.7 Å². The molecule has 0 aliphatic rings. The second-order valence-corrected chi connectivity index (χ2v) is 3.34. The minimum atomic E-state index is 0.392. The van der Waals surface area contributed by atoms with Crippen molar-refractivity contribution in [3.63, 3.8) is 0 Å². The molecule has 0 aliphatic heterocycles. The van der Waals surface area contributed by atoms with E-state index in [9.17, 15) is 0 Å². The fourth-order valence-corrected chi connectivity index (χ4v) is 1.57. The summed E-state index contributed by atoms with van der Waals surface area (Å²) >= 11 is 6.43. The molecule has 3 nitrogen and oxygen atoms in total. The molecular weight excluding hydrogens is 262 g/mol. The van der Waals surface area contributed by atoms with Crippen LogP contribution in [0, 0.1) is 5.53 Å². The van der Waals surface area contributed by atoms with Gasteiger partial charge in [0.15, 0.2) is 5.82 Å². The van der Waals surface area contributed by atoms with Crippen LogP contribution in [0.2, 0.25) is 0 Å². The van der Waals surface area contributed by atoms with E-state index < -0.39 is 0 Å². The number of rotatable bonds is 1. The second-order valence-electron chi connectivity index (χ2n) is 1.57. The summed E-state index contributed by atoms with van der Waals surface area (Å²) in [7, 11) is 0. The quantitative estimate of drug-likeness (QED) is 0.778. The van der Waals surface area contributed by atoms with Crippen molar-refractivity contribution in [2.45, 2.75) is 0 Å². The van der Waals surface area contributed by atoms with Gasteiger partial charge in [0.25, 0.3) is 0 Å². The Bertz CT molecular complexity index is 261. The van der Waals surface area contributed by atoms with Crippen LogP contribution in [0.4, 0.5) is 5.82 Å². The maximum Gasteiger partial charge on any atom is 0.188 e. The predicted octanol–water partition coefficient (Wildman–Crippen LogP) is 3.27. The molecule has 0 spiro atoms. The van der Waals surface area contributed by atoms with Gasteiger partial charge in [-0.1, -0.05) is 0 Å². The standard InChI is InChI=1S/C5H3Br2N3/c6-3-1-4(7)5(10-8)9-2-3/h1-2,8H. The summed E-state index contributed by atoms with van der Waals surface area (Å²) in [5, 5.41) is 3.18. The third-order valence-corrected chi connectivity index (χ3v) is 1.91. The Morgan fingerprint density at radius 3 is 2.70 bits per heavy atom. The van der Waals surface area contributed by atoms with Gasteiger partial charge in [0.05, 0.1) is 4.47 Å². The largest absolute Gasteiger partial charge is 0.233 e. The molecule has 0 unspecified atom stereocenters. The van der Waals surface area contributed by atoms with Crippen LogP contribution in [-0.2, 0) is 0 Å². The number of halogens is 2. The van der Waals surface area contributed by atoms with Crippen molar-refractivity contribution in [3.8, 4) is 0 Å². The lowest BCUT2D eigenvalue weighted by Gasteiger charge is -1.93. The maximum atomic E-state index is 6.67. The van der Waals surface area contributed by atoms with Crippen LogP contribution in [0.25, 0.3) is 0 Å². The van der Waals surface area contributed by atoms with E-state index in [0.29, 0.717) is 5.82 Å². The Morgan fingerprint density at radius 1 is 1.50 bits per heavy atom. The molecule has 0 radical (unpaired) electrons. The molecule has 10 heavy (non-hydrogen) atoms. The molecule has 1 aromatic heterocycles. The Kier molecular flexibility index (Phi) is 2.50. The van der Waals surface area contributed by atoms with E-state index >= 15 is 0 Å². The van der Waals surface area contributed by atoms with Gasteiger partial charge in [-0.2, -0.15) is 0 Å². The van der Waals surface area contributed by atoms with E-state index in [1.54, 1.807) is 12.3 Å². The zero-order chi connectivity index (χ0) is 7.56.